The second-order valence-corrected chi connectivity index (χ2v) is 8.47. The summed E-state index contributed by atoms with van der Waals surface area (Å²) in [6.07, 6.45) is 3.49. The Balaban J connectivity index is 0.00000256. The molecular weight excluding hydrogens is 441 g/mol. The van der Waals surface area contributed by atoms with Crippen LogP contribution in [0, 0.1) is 0 Å². The Morgan fingerprint density at radius 2 is 2.10 bits per heavy atom. The van der Waals surface area contributed by atoms with E-state index in [1.54, 1.807) is 36.1 Å². The second-order valence-electron chi connectivity index (χ2n) is 6.42. The zero-order valence-electron chi connectivity index (χ0n) is 16.2. The minimum atomic E-state index is -1.41. The van der Waals surface area contributed by atoms with Gasteiger partial charge in [-0.3, -0.25) is 14.5 Å². The number of hydrogen-bond donors (Lipinski definition) is 1. The van der Waals surface area contributed by atoms with Gasteiger partial charge in [-0.15, -0.1) is 16.9 Å². The number of aryl methyl sites for hydroxylation is 1. The predicted molar refractivity (Wildman–Crippen MR) is 101 cm³/mol. The van der Waals surface area contributed by atoms with Gasteiger partial charge in [0.1, 0.15) is 18.0 Å². The van der Waals surface area contributed by atoms with Gasteiger partial charge in [0.2, 0.25) is 11.1 Å². The number of rotatable bonds is 7. The summed E-state index contributed by atoms with van der Waals surface area (Å²) in [6, 6.07) is 2.84. The number of aliphatic carboxylic acids is 1. The van der Waals surface area contributed by atoms with Crippen LogP contribution in [0.25, 0.3) is 0 Å². The molecule has 0 radical (unpaired) electrons. The average molecular weight is 457 g/mol. The number of amides is 2. The third kappa shape index (κ3) is 4.44. The van der Waals surface area contributed by atoms with Crippen molar-refractivity contribution in [2.75, 3.05) is 11.5 Å². The van der Waals surface area contributed by atoms with Crippen LogP contribution in [-0.2, 0) is 28.0 Å². The molecule has 11 nitrogen and oxygen atoms in total. The van der Waals surface area contributed by atoms with Crippen LogP contribution < -0.4 is 40.0 Å². The standard InChI is InChI=1S/C16H17N7O4S2.Na/c1-21-16(18-19-20-21)29-8-9-7-28-14-11(13(25)23(14)12(9)15(26)27)17-10(24)6-22-4-2-3-5-22;/h2-5,11,14H,6-8H2,1H3,(H,17,24)(H,26,27);/q;+1/p-1. The van der Waals surface area contributed by atoms with E-state index in [2.05, 4.69) is 20.8 Å². The minimum absolute atomic E-state index is 0. The van der Waals surface area contributed by atoms with E-state index in [0.717, 1.165) is 0 Å². The van der Waals surface area contributed by atoms with Crippen molar-refractivity contribution in [2.45, 2.75) is 23.1 Å². The molecule has 1 fully saturated rings. The summed E-state index contributed by atoms with van der Waals surface area (Å²) >= 11 is 2.69. The largest absolute Gasteiger partial charge is 1.00 e. The number of β-lactam (4-membered cyclic amide) rings is 1. The van der Waals surface area contributed by atoms with Gasteiger partial charge in [0.25, 0.3) is 5.91 Å². The SMILES string of the molecule is Cn1nnnc1SCC1=C(C(=O)[O-])N2C(=O)C(NC(=O)Cn3cccc3)C2SC1.[Na+]. The number of thioether (sulfide) groups is 2. The van der Waals surface area contributed by atoms with E-state index in [9.17, 15) is 19.5 Å². The molecule has 2 atom stereocenters. The molecule has 0 bridgehead atoms. The van der Waals surface area contributed by atoms with Gasteiger partial charge in [-0.2, -0.15) is 0 Å². The van der Waals surface area contributed by atoms with Crippen LogP contribution in [0.4, 0.5) is 0 Å². The fraction of sp³-hybridized carbons (Fsp3) is 0.375. The number of tetrazole rings is 1. The molecule has 4 rings (SSSR count). The maximum atomic E-state index is 12.6. The van der Waals surface area contributed by atoms with Crippen molar-refractivity contribution in [2.24, 2.45) is 7.05 Å². The minimum Gasteiger partial charge on any atom is -0.543 e. The normalized spacial score (nSPS) is 20.3. The van der Waals surface area contributed by atoms with E-state index in [0.29, 0.717) is 22.2 Å². The van der Waals surface area contributed by atoms with Crippen molar-refractivity contribution < 1.29 is 49.0 Å². The maximum absolute atomic E-state index is 12.6. The summed E-state index contributed by atoms with van der Waals surface area (Å²) in [5.41, 5.74) is 0.432. The van der Waals surface area contributed by atoms with Crippen LogP contribution in [0.1, 0.15) is 0 Å². The third-order valence-electron chi connectivity index (χ3n) is 4.51. The zero-order valence-corrected chi connectivity index (χ0v) is 19.9. The van der Waals surface area contributed by atoms with Crippen LogP contribution in [0.2, 0.25) is 0 Å². The summed E-state index contributed by atoms with van der Waals surface area (Å²) < 4.78 is 3.17. The molecule has 0 aromatic carbocycles. The zero-order chi connectivity index (χ0) is 20.5. The van der Waals surface area contributed by atoms with Gasteiger partial charge in [-0.05, 0) is 28.1 Å². The quantitative estimate of drug-likeness (QED) is 0.247. The molecule has 0 spiro atoms. The summed E-state index contributed by atoms with van der Waals surface area (Å²) in [7, 11) is 1.68. The van der Waals surface area contributed by atoms with Gasteiger partial charge in [0.15, 0.2) is 0 Å². The molecule has 2 aromatic heterocycles. The topological polar surface area (TPSA) is 138 Å². The first-order chi connectivity index (χ1) is 14.0. The number of carboxylic acids is 1. The Bertz CT molecular complexity index is 994. The summed E-state index contributed by atoms with van der Waals surface area (Å²) in [4.78, 5) is 37.8. The van der Waals surface area contributed by atoms with Gasteiger partial charge in [-0.1, -0.05) is 11.8 Å². The number of nitrogens with zero attached hydrogens (tertiary/aromatic N) is 6. The van der Waals surface area contributed by atoms with E-state index in [1.165, 1.54) is 33.1 Å². The van der Waals surface area contributed by atoms with Crippen molar-refractivity contribution in [1.29, 1.82) is 0 Å². The molecule has 2 aliphatic rings. The van der Waals surface area contributed by atoms with Gasteiger partial charge < -0.3 is 19.8 Å². The number of nitrogens with one attached hydrogen (secondary N) is 1. The summed E-state index contributed by atoms with van der Waals surface area (Å²) in [6.45, 7) is 0.0883. The molecule has 1 N–H and O–H groups in total. The summed E-state index contributed by atoms with van der Waals surface area (Å²) in [5, 5.41) is 25.6. The number of carbonyl (C=O) groups excluding carboxylic acids is 3. The van der Waals surface area contributed by atoms with E-state index in [4.69, 9.17) is 0 Å². The molecule has 1 saturated heterocycles. The Morgan fingerprint density at radius 3 is 2.73 bits per heavy atom. The molecule has 14 heteroatoms. The van der Waals surface area contributed by atoms with Gasteiger partial charge >= 0.3 is 29.6 Å². The van der Waals surface area contributed by atoms with E-state index >= 15 is 0 Å². The van der Waals surface area contributed by atoms with Crippen molar-refractivity contribution in [3.63, 3.8) is 0 Å². The molecule has 2 amide bonds. The van der Waals surface area contributed by atoms with Crippen molar-refractivity contribution >= 4 is 41.3 Å². The molecular formula is C16H16N7NaO4S2. The maximum Gasteiger partial charge on any atom is 1.00 e. The first kappa shape index (κ1) is 22.9. The molecule has 152 valence electrons. The van der Waals surface area contributed by atoms with Crippen LogP contribution in [0.5, 0.6) is 0 Å². The van der Waals surface area contributed by atoms with E-state index in [-0.39, 0.29) is 47.7 Å². The Labute approximate surface area is 201 Å². The van der Waals surface area contributed by atoms with E-state index in [1.807, 2.05) is 0 Å². The Morgan fingerprint density at radius 1 is 1.37 bits per heavy atom. The summed E-state index contributed by atoms with van der Waals surface area (Å²) in [5.74, 6) is -1.46. The molecule has 0 saturated carbocycles. The smallest absolute Gasteiger partial charge is 0.543 e. The monoisotopic (exact) mass is 457 g/mol. The third-order valence-corrected chi connectivity index (χ3v) is 6.94. The number of carbonyl (C=O) groups is 3. The number of carboxylic acid groups (broad SMARTS) is 1. The van der Waals surface area contributed by atoms with Gasteiger partial charge in [0, 0.05) is 30.9 Å². The number of aromatic nitrogens is 5. The van der Waals surface area contributed by atoms with Crippen molar-refractivity contribution in [1.82, 2.24) is 35.0 Å². The number of hydrogen-bond acceptors (Lipinski definition) is 9. The Kier molecular flexibility index (Phi) is 7.29. The molecule has 30 heavy (non-hydrogen) atoms. The molecule has 2 unspecified atom stereocenters. The first-order valence-corrected chi connectivity index (χ1v) is 10.6. The molecule has 2 aromatic rings. The van der Waals surface area contributed by atoms with Crippen molar-refractivity contribution in [3.8, 4) is 0 Å². The van der Waals surface area contributed by atoms with Crippen LogP contribution >= 0.6 is 23.5 Å². The van der Waals surface area contributed by atoms with Crippen LogP contribution in [-0.4, -0.2) is 70.4 Å². The van der Waals surface area contributed by atoms with Gasteiger partial charge in [-0.25, -0.2) is 4.68 Å². The fourth-order valence-corrected chi connectivity index (χ4v) is 5.47. The van der Waals surface area contributed by atoms with Crippen LogP contribution in [0.15, 0.2) is 41.0 Å². The predicted octanol–water partition coefficient (Wildman–Crippen LogP) is -4.79. The molecule has 0 aliphatic carbocycles. The van der Waals surface area contributed by atoms with Crippen LogP contribution in [0.3, 0.4) is 0 Å². The van der Waals surface area contributed by atoms with E-state index < -0.39 is 23.3 Å². The second kappa shape index (κ2) is 9.56. The van der Waals surface area contributed by atoms with Crippen molar-refractivity contribution in [3.05, 3.63) is 35.8 Å². The Hall–Kier alpha value is -1.80. The van der Waals surface area contributed by atoms with Gasteiger partial charge in [0.05, 0.1) is 11.7 Å². The molecule has 2 aliphatic heterocycles. The number of fused-ring (bicyclic) bond motifs is 1. The average Bonchev–Trinajstić information content (AvgIpc) is 3.35. The fourth-order valence-electron chi connectivity index (χ4n) is 3.14. The first-order valence-electron chi connectivity index (χ1n) is 8.59. The molecule has 4 heterocycles.